The van der Waals surface area contributed by atoms with Gasteiger partial charge < -0.3 is 9.84 Å². The van der Waals surface area contributed by atoms with Crippen LogP contribution in [0.2, 0.25) is 0 Å². The zero-order chi connectivity index (χ0) is 14.8. The molecule has 3 heteroatoms. The van der Waals surface area contributed by atoms with Crippen LogP contribution in [-0.2, 0) is 0 Å². The molecular formula is C18H19FO2. The summed E-state index contributed by atoms with van der Waals surface area (Å²) in [6, 6.07) is 12.4. The molecule has 0 saturated heterocycles. The molecule has 110 valence electrons. The summed E-state index contributed by atoms with van der Waals surface area (Å²) in [6.45, 7) is 0. The van der Waals surface area contributed by atoms with E-state index in [1.165, 1.54) is 19.6 Å². The summed E-state index contributed by atoms with van der Waals surface area (Å²) in [6.07, 6.45) is 2.49. The third-order valence-corrected chi connectivity index (χ3v) is 4.34. The summed E-state index contributed by atoms with van der Waals surface area (Å²) in [7, 11) is 1.49. The van der Waals surface area contributed by atoms with Crippen molar-refractivity contribution in [2.45, 2.75) is 31.3 Å². The molecule has 0 radical (unpaired) electrons. The van der Waals surface area contributed by atoms with Crippen LogP contribution in [0.5, 0.6) is 5.75 Å². The van der Waals surface area contributed by atoms with Gasteiger partial charge >= 0.3 is 0 Å². The first kappa shape index (κ1) is 14.1. The van der Waals surface area contributed by atoms with E-state index < -0.39 is 11.9 Å². The fourth-order valence-electron chi connectivity index (χ4n) is 2.97. The molecule has 0 amide bonds. The van der Waals surface area contributed by atoms with Crippen molar-refractivity contribution in [1.29, 1.82) is 0 Å². The van der Waals surface area contributed by atoms with Gasteiger partial charge in [-0.05, 0) is 42.0 Å². The van der Waals surface area contributed by atoms with E-state index in [1.807, 2.05) is 24.3 Å². The normalized spacial score (nSPS) is 16.3. The predicted octanol–water partition coefficient (Wildman–Crippen LogP) is 4.18. The summed E-state index contributed by atoms with van der Waals surface area (Å²) in [5, 5.41) is 10.7. The number of hydrogen-bond donors (Lipinski definition) is 1. The molecule has 1 fully saturated rings. The van der Waals surface area contributed by atoms with Gasteiger partial charge in [-0.2, -0.15) is 0 Å². The number of ether oxygens (including phenoxy) is 1. The Kier molecular flexibility index (Phi) is 3.93. The van der Waals surface area contributed by atoms with Gasteiger partial charge in [-0.25, -0.2) is 4.39 Å². The summed E-state index contributed by atoms with van der Waals surface area (Å²) >= 11 is 0. The number of benzene rings is 2. The standard InChI is InChI=1S/C18H19FO2/c1-21-16-11-5-10-15(19)17(16)18(20)14-9-3-2-8-13(14)12-6-4-7-12/h2-3,5,8-12,18,20H,4,6-7H2,1H3. The lowest BCUT2D eigenvalue weighted by molar-refractivity contribution is 0.206. The van der Waals surface area contributed by atoms with Gasteiger partial charge in [0.15, 0.2) is 0 Å². The first-order valence-corrected chi connectivity index (χ1v) is 7.31. The van der Waals surface area contributed by atoms with Gasteiger partial charge in [0, 0.05) is 0 Å². The number of hydrogen-bond acceptors (Lipinski definition) is 2. The van der Waals surface area contributed by atoms with Crippen molar-refractivity contribution < 1.29 is 14.2 Å². The lowest BCUT2D eigenvalue weighted by atomic mass is 9.77. The second-order valence-electron chi connectivity index (χ2n) is 5.52. The molecule has 1 aliphatic rings. The van der Waals surface area contributed by atoms with Gasteiger partial charge in [0.1, 0.15) is 17.7 Å². The predicted molar refractivity (Wildman–Crippen MR) is 80.0 cm³/mol. The largest absolute Gasteiger partial charge is 0.496 e. The number of rotatable bonds is 4. The summed E-state index contributed by atoms with van der Waals surface area (Å²) in [5.41, 5.74) is 2.12. The Morgan fingerprint density at radius 1 is 1.14 bits per heavy atom. The van der Waals surface area contributed by atoms with Crippen molar-refractivity contribution >= 4 is 0 Å². The Morgan fingerprint density at radius 3 is 2.57 bits per heavy atom. The summed E-state index contributed by atoms with van der Waals surface area (Å²) in [5.74, 6) is 0.421. The molecule has 2 nitrogen and oxygen atoms in total. The molecule has 0 aromatic heterocycles. The van der Waals surface area contributed by atoms with Crippen LogP contribution < -0.4 is 4.74 Å². The Balaban J connectivity index is 2.05. The number of aliphatic hydroxyl groups excluding tert-OH is 1. The second-order valence-corrected chi connectivity index (χ2v) is 5.52. The fourth-order valence-corrected chi connectivity index (χ4v) is 2.97. The first-order valence-electron chi connectivity index (χ1n) is 7.31. The summed E-state index contributed by atoms with van der Waals surface area (Å²) < 4.78 is 19.4. The van der Waals surface area contributed by atoms with Gasteiger partial charge in [-0.1, -0.05) is 36.8 Å². The van der Waals surface area contributed by atoms with Crippen molar-refractivity contribution in [3.05, 3.63) is 65.0 Å². The average Bonchev–Trinajstić information content (AvgIpc) is 2.45. The molecule has 1 atom stereocenters. The number of halogens is 1. The highest BCUT2D eigenvalue weighted by Gasteiger charge is 2.27. The van der Waals surface area contributed by atoms with Crippen LogP contribution in [0.4, 0.5) is 4.39 Å². The Labute approximate surface area is 124 Å². The van der Waals surface area contributed by atoms with E-state index >= 15 is 0 Å². The first-order chi connectivity index (χ1) is 10.2. The van der Waals surface area contributed by atoms with Gasteiger partial charge in [-0.3, -0.25) is 0 Å². The van der Waals surface area contributed by atoms with E-state index in [-0.39, 0.29) is 5.56 Å². The van der Waals surface area contributed by atoms with E-state index in [0.717, 1.165) is 24.0 Å². The minimum atomic E-state index is -1.00. The highest BCUT2D eigenvalue weighted by molar-refractivity contribution is 5.44. The molecule has 2 aromatic carbocycles. The lowest BCUT2D eigenvalue weighted by Gasteiger charge is -2.29. The van der Waals surface area contributed by atoms with Crippen LogP contribution in [0.3, 0.4) is 0 Å². The third kappa shape index (κ3) is 2.54. The van der Waals surface area contributed by atoms with Crippen LogP contribution in [0.15, 0.2) is 42.5 Å². The Morgan fingerprint density at radius 2 is 1.90 bits per heavy atom. The van der Waals surface area contributed by atoms with Crippen molar-refractivity contribution in [2.24, 2.45) is 0 Å². The second kappa shape index (κ2) is 5.86. The topological polar surface area (TPSA) is 29.5 Å². The van der Waals surface area contributed by atoms with Crippen molar-refractivity contribution in [2.75, 3.05) is 7.11 Å². The van der Waals surface area contributed by atoms with Crippen LogP contribution in [0.1, 0.15) is 48.0 Å². The molecule has 1 N–H and O–H groups in total. The summed E-state index contributed by atoms with van der Waals surface area (Å²) in [4.78, 5) is 0. The van der Waals surface area contributed by atoms with Crippen molar-refractivity contribution in [1.82, 2.24) is 0 Å². The Hall–Kier alpha value is -1.87. The minimum absolute atomic E-state index is 0.215. The molecule has 1 saturated carbocycles. The average molecular weight is 286 g/mol. The molecule has 1 unspecified atom stereocenters. The monoisotopic (exact) mass is 286 g/mol. The number of aliphatic hydroxyl groups is 1. The molecule has 0 aliphatic heterocycles. The zero-order valence-electron chi connectivity index (χ0n) is 12.1. The molecule has 21 heavy (non-hydrogen) atoms. The van der Waals surface area contributed by atoms with Crippen LogP contribution in [0, 0.1) is 5.82 Å². The highest BCUT2D eigenvalue weighted by Crippen LogP contribution is 2.42. The fraction of sp³-hybridized carbons (Fsp3) is 0.333. The SMILES string of the molecule is COc1cccc(F)c1C(O)c1ccccc1C1CCC1. The van der Waals surface area contributed by atoms with E-state index in [0.29, 0.717) is 11.7 Å². The third-order valence-electron chi connectivity index (χ3n) is 4.34. The smallest absolute Gasteiger partial charge is 0.133 e. The minimum Gasteiger partial charge on any atom is -0.496 e. The molecule has 2 aromatic rings. The van der Waals surface area contributed by atoms with Crippen LogP contribution in [-0.4, -0.2) is 12.2 Å². The van der Waals surface area contributed by atoms with Gasteiger partial charge in [0.25, 0.3) is 0 Å². The van der Waals surface area contributed by atoms with Crippen molar-refractivity contribution in [3.63, 3.8) is 0 Å². The van der Waals surface area contributed by atoms with E-state index in [4.69, 9.17) is 4.74 Å². The van der Waals surface area contributed by atoms with Gasteiger partial charge in [0.05, 0.1) is 12.7 Å². The molecular weight excluding hydrogens is 267 g/mol. The molecule has 0 bridgehead atoms. The molecule has 1 aliphatic carbocycles. The van der Waals surface area contributed by atoms with Crippen molar-refractivity contribution in [3.8, 4) is 5.75 Å². The molecule has 3 rings (SSSR count). The maximum atomic E-state index is 14.2. The Bertz CT molecular complexity index is 635. The zero-order valence-corrected chi connectivity index (χ0v) is 12.1. The van der Waals surface area contributed by atoms with Gasteiger partial charge in [0.2, 0.25) is 0 Å². The van der Waals surface area contributed by atoms with Gasteiger partial charge in [-0.15, -0.1) is 0 Å². The van der Waals surface area contributed by atoms with Crippen LogP contribution >= 0.6 is 0 Å². The number of methoxy groups -OCH3 is 1. The molecule has 0 heterocycles. The quantitative estimate of drug-likeness (QED) is 0.913. The van der Waals surface area contributed by atoms with E-state index in [9.17, 15) is 9.50 Å². The van der Waals surface area contributed by atoms with Crippen LogP contribution in [0.25, 0.3) is 0 Å². The maximum Gasteiger partial charge on any atom is 0.133 e. The highest BCUT2D eigenvalue weighted by atomic mass is 19.1. The van der Waals surface area contributed by atoms with E-state index in [1.54, 1.807) is 12.1 Å². The molecule has 0 spiro atoms. The maximum absolute atomic E-state index is 14.2. The lowest BCUT2D eigenvalue weighted by Crippen LogP contribution is -2.14. The van der Waals surface area contributed by atoms with E-state index in [2.05, 4.69) is 0 Å².